The number of carbonyl (C=O) groups is 1. The summed E-state index contributed by atoms with van der Waals surface area (Å²) in [6.45, 7) is 2.84. The molecular weight excluding hydrogens is 458 g/mol. The molecule has 0 atom stereocenters. The van der Waals surface area contributed by atoms with Gasteiger partial charge < -0.3 is 10.1 Å². The standard InChI is InChI=1S/C29H24ClN3O2/c1-20-32-27-17-22(29(34)31-18-23-9-5-6-10-26(23)30)11-16-28(27)33(20)24-12-14-25(15-13-24)35-19-21-7-3-2-4-8-21/h2-17H,18-19H2,1H3,(H,31,34). The van der Waals surface area contributed by atoms with Gasteiger partial charge in [-0.05, 0) is 66.6 Å². The average molecular weight is 482 g/mol. The van der Waals surface area contributed by atoms with E-state index in [2.05, 4.69) is 9.88 Å². The summed E-state index contributed by atoms with van der Waals surface area (Å²) in [5, 5.41) is 3.57. The lowest BCUT2D eigenvalue weighted by atomic mass is 10.1. The van der Waals surface area contributed by atoms with E-state index in [4.69, 9.17) is 21.3 Å². The average Bonchev–Trinajstić information content (AvgIpc) is 3.22. The molecule has 5 rings (SSSR count). The molecule has 174 valence electrons. The van der Waals surface area contributed by atoms with Crippen molar-refractivity contribution in [2.24, 2.45) is 0 Å². The molecule has 4 aromatic carbocycles. The van der Waals surface area contributed by atoms with Crippen molar-refractivity contribution in [3.05, 3.63) is 125 Å². The molecule has 5 nitrogen and oxygen atoms in total. The first kappa shape index (κ1) is 22.7. The van der Waals surface area contributed by atoms with Gasteiger partial charge in [0.05, 0.1) is 11.0 Å². The highest BCUT2D eigenvalue weighted by Crippen LogP contribution is 2.24. The molecule has 0 unspecified atom stereocenters. The number of amides is 1. The maximum absolute atomic E-state index is 12.7. The van der Waals surface area contributed by atoms with Crippen LogP contribution >= 0.6 is 11.6 Å². The normalized spacial score (nSPS) is 10.9. The van der Waals surface area contributed by atoms with Gasteiger partial charge in [-0.2, -0.15) is 0 Å². The molecule has 0 aliphatic rings. The Morgan fingerprint density at radius 2 is 1.69 bits per heavy atom. The molecule has 1 N–H and O–H groups in total. The first-order valence-corrected chi connectivity index (χ1v) is 11.7. The number of carbonyl (C=O) groups excluding carboxylic acids is 1. The van der Waals surface area contributed by atoms with E-state index < -0.39 is 0 Å². The Morgan fingerprint density at radius 3 is 2.46 bits per heavy atom. The maximum Gasteiger partial charge on any atom is 0.251 e. The highest BCUT2D eigenvalue weighted by molar-refractivity contribution is 6.31. The molecule has 0 bridgehead atoms. The van der Waals surface area contributed by atoms with Crippen LogP contribution in [0.5, 0.6) is 5.75 Å². The summed E-state index contributed by atoms with van der Waals surface area (Å²) >= 11 is 6.19. The van der Waals surface area contributed by atoms with Crippen LogP contribution in [-0.4, -0.2) is 15.5 Å². The van der Waals surface area contributed by atoms with Crippen LogP contribution in [0.1, 0.15) is 27.3 Å². The van der Waals surface area contributed by atoms with Crippen LogP contribution in [0.25, 0.3) is 16.7 Å². The van der Waals surface area contributed by atoms with Gasteiger partial charge in [0.15, 0.2) is 0 Å². The van der Waals surface area contributed by atoms with Crippen molar-refractivity contribution in [1.82, 2.24) is 14.9 Å². The fourth-order valence-electron chi connectivity index (χ4n) is 4.02. The molecule has 0 spiro atoms. The van der Waals surface area contributed by atoms with E-state index in [-0.39, 0.29) is 5.91 Å². The molecule has 0 aliphatic carbocycles. The molecule has 1 heterocycles. The van der Waals surface area contributed by atoms with Gasteiger partial charge in [-0.3, -0.25) is 9.36 Å². The van der Waals surface area contributed by atoms with E-state index in [9.17, 15) is 4.79 Å². The molecular formula is C29H24ClN3O2. The summed E-state index contributed by atoms with van der Waals surface area (Å²) in [6.07, 6.45) is 0. The van der Waals surface area contributed by atoms with Gasteiger partial charge in [-0.1, -0.05) is 60.1 Å². The van der Waals surface area contributed by atoms with Gasteiger partial charge in [0.1, 0.15) is 18.2 Å². The third-order valence-electron chi connectivity index (χ3n) is 5.82. The number of nitrogens with one attached hydrogen (secondary N) is 1. The Kier molecular flexibility index (Phi) is 6.51. The van der Waals surface area contributed by atoms with Gasteiger partial charge in [-0.25, -0.2) is 4.98 Å². The molecule has 0 aliphatic heterocycles. The summed E-state index contributed by atoms with van der Waals surface area (Å²) in [7, 11) is 0. The quantitative estimate of drug-likeness (QED) is 0.289. The minimum atomic E-state index is -0.168. The fraction of sp³-hybridized carbons (Fsp3) is 0.103. The summed E-state index contributed by atoms with van der Waals surface area (Å²) < 4.78 is 7.98. The van der Waals surface area contributed by atoms with Crippen LogP contribution < -0.4 is 10.1 Å². The monoisotopic (exact) mass is 481 g/mol. The zero-order chi connectivity index (χ0) is 24.2. The van der Waals surface area contributed by atoms with Crippen molar-refractivity contribution in [2.45, 2.75) is 20.1 Å². The number of rotatable bonds is 7. The zero-order valence-electron chi connectivity index (χ0n) is 19.2. The Balaban J connectivity index is 1.31. The Bertz CT molecular complexity index is 1480. The summed E-state index contributed by atoms with van der Waals surface area (Å²) in [5.41, 5.74) is 5.23. The maximum atomic E-state index is 12.7. The second-order valence-corrected chi connectivity index (χ2v) is 8.65. The first-order chi connectivity index (χ1) is 17.1. The molecule has 0 saturated carbocycles. The van der Waals surface area contributed by atoms with E-state index in [1.54, 1.807) is 0 Å². The number of imidazole rings is 1. The van der Waals surface area contributed by atoms with Crippen molar-refractivity contribution in [3.63, 3.8) is 0 Å². The molecule has 0 saturated heterocycles. The van der Waals surface area contributed by atoms with Crippen molar-refractivity contribution < 1.29 is 9.53 Å². The lowest BCUT2D eigenvalue weighted by molar-refractivity contribution is 0.0951. The van der Waals surface area contributed by atoms with Gasteiger partial charge in [-0.15, -0.1) is 0 Å². The van der Waals surface area contributed by atoms with Crippen molar-refractivity contribution in [1.29, 1.82) is 0 Å². The number of nitrogens with zero attached hydrogens (tertiary/aromatic N) is 2. The SMILES string of the molecule is Cc1nc2cc(C(=O)NCc3ccccc3Cl)ccc2n1-c1ccc(OCc2ccccc2)cc1. The molecule has 1 aromatic heterocycles. The molecule has 35 heavy (non-hydrogen) atoms. The van der Waals surface area contributed by atoms with Crippen LogP contribution in [0.4, 0.5) is 0 Å². The molecule has 1 amide bonds. The van der Waals surface area contributed by atoms with Crippen LogP contribution in [0.3, 0.4) is 0 Å². The largest absolute Gasteiger partial charge is 0.489 e. The molecule has 5 aromatic rings. The minimum Gasteiger partial charge on any atom is -0.489 e. The first-order valence-electron chi connectivity index (χ1n) is 11.4. The number of aromatic nitrogens is 2. The third kappa shape index (κ3) is 5.05. The Morgan fingerprint density at radius 1 is 0.943 bits per heavy atom. The Labute approximate surface area is 209 Å². The molecule has 0 fully saturated rings. The predicted molar refractivity (Wildman–Crippen MR) is 139 cm³/mol. The second-order valence-electron chi connectivity index (χ2n) is 8.24. The number of aryl methyl sites for hydroxylation is 1. The van der Waals surface area contributed by atoms with Gasteiger partial charge >= 0.3 is 0 Å². The number of benzene rings is 4. The second kappa shape index (κ2) is 10.0. The predicted octanol–water partition coefficient (Wildman–Crippen LogP) is 6.50. The van der Waals surface area contributed by atoms with Gasteiger partial charge in [0.25, 0.3) is 5.91 Å². The fourth-order valence-corrected chi connectivity index (χ4v) is 4.22. The van der Waals surface area contributed by atoms with Crippen LogP contribution in [0.15, 0.2) is 97.1 Å². The summed E-state index contributed by atoms with van der Waals surface area (Å²) in [5.74, 6) is 1.47. The van der Waals surface area contributed by atoms with E-state index in [0.717, 1.165) is 39.4 Å². The summed E-state index contributed by atoms with van der Waals surface area (Å²) in [6, 6.07) is 31.1. The lowest BCUT2D eigenvalue weighted by Crippen LogP contribution is -2.22. The van der Waals surface area contributed by atoms with Crippen LogP contribution in [-0.2, 0) is 13.2 Å². The topological polar surface area (TPSA) is 56.2 Å². The summed E-state index contributed by atoms with van der Waals surface area (Å²) in [4.78, 5) is 17.4. The van der Waals surface area contributed by atoms with Crippen molar-refractivity contribution >= 4 is 28.5 Å². The highest BCUT2D eigenvalue weighted by atomic mass is 35.5. The van der Waals surface area contributed by atoms with Crippen molar-refractivity contribution in [3.8, 4) is 11.4 Å². The van der Waals surface area contributed by atoms with Gasteiger partial charge in [0, 0.05) is 22.8 Å². The van der Waals surface area contributed by atoms with E-state index in [0.29, 0.717) is 23.7 Å². The molecule has 0 radical (unpaired) electrons. The zero-order valence-corrected chi connectivity index (χ0v) is 20.0. The van der Waals surface area contributed by atoms with E-state index in [1.165, 1.54) is 0 Å². The minimum absolute atomic E-state index is 0.168. The van der Waals surface area contributed by atoms with Crippen LogP contribution in [0, 0.1) is 6.92 Å². The van der Waals surface area contributed by atoms with Crippen LogP contribution in [0.2, 0.25) is 5.02 Å². The van der Waals surface area contributed by atoms with E-state index >= 15 is 0 Å². The number of hydrogen-bond acceptors (Lipinski definition) is 3. The highest BCUT2D eigenvalue weighted by Gasteiger charge is 2.13. The number of fused-ring (bicyclic) bond motifs is 1. The smallest absolute Gasteiger partial charge is 0.251 e. The third-order valence-corrected chi connectivity index (χ3v) is 6.19. The number of halogens is 1. The molecule has 6 heteroatoms. The van der Waals surface area contributed by atoms with Gasteiger partial charge in [0.2, 0.25) is 0 Å². The lowest BCUT2D eigenvalue weighted by Gasteiger charge is -2.10. The van der Waals surface area contributed by atoms with Crippen molar-refractivity contribution in [2.75, 3.05) is 0 Å². The van der Waals surface area contributed by atoms with E-state index in [1.807, 2.05) is 104 Å². The number of ether oxygens (including phenoxy) is 1. The Hall–Kier alpha value is -4.09. The number of hydrogen-bond donors (Lipinski definition) is 1.